The van der Waals surface area contributed by atoms with E-state index in [1.54, 1.807) is 53.3 Å². The molecule has 4 aromatic rings. The molecule has 180 valence electrons. The van der Waals surface area contributed by atoms with Crippen LogP contribution < -0.4 is 0 Å². The van der Waals surface area contributed by atoms with Crippen LogP contribution >= 0.6 is 0 Å². The van der Waals surface area contributed by atoms with Gasteiger partial charge in [0, 0.05) is 50.3 Å². The number of aryl methyl sites for hydroxylation is 1. The average molecular weight is 496 g/mol. The molecule has 0 bridgehead atoms. The molecule has 1 fully saturated rings. The lowest BCUT2D eigenvalue weighted by Gasteiger charge is -2.48. The third-order valence-corrected chi connectivity index (χ3v) is 7.41. The standard InChI is InChI=1S/C19H19F3N8O3S/c1-27-8-13(6-24-27)15-10-29-16(2-4-23-29)17(26-15)14-7-25-30(9-14)18(3-5-31)11-28(12-18)34(32,33)19(20,21)22/h2,4,6-10,31H,3,5,11-12H2,1H3. The van der Waals surface area contributed by atoms with Crippen LogP contribution in [0.4, 0.5) is 13.2 Å². The highest BCUT2D eigenvalue weighted by Crippen LogP contribution is 2.39. The van der Waals surface area contributed by atoms with E-state index in [0.29, 0.717) is 26.8 Å². The van der Waals surface area contributed by atoms with Crippen LogP contribution in [0.3, 0.4) is 0 Å². The van der Waals surface area contributed by atoms with Crippen molar-refractivity contribution in [3.63, 3.8) is 0 Å². The summed E-state index contributed by atoms with van der Waals surface area (Å²) in [6.45, 7) is -1.26. The molecule has 1 aliphatic rings. The Bertz CT molecular complexity index is 1470. The normalized spacial score (nSPS) is 16.7. The zero-order chi connectivity index (χ0) is 24.3. The van der Waals surface area contributed by atoms with Crippen LogP contribution in [0.1, 0.15) is 6.42 Å². The van der Waals surface area contributed by atoms with Gasteiger partial charge >= 0.3 is 15.5 Å². The highest BCUT2D eigenvalue weighted by Gasteiger charge is 2.58. The second-order valence-electron chi connectivity index (χ2n) is 8.13. The van der Waals surface area contributed by atoms with Crippen LogP contribution in [-0.2, 0) is 22.6 Å². The highest BCUT2D eigenvalue weighted by molar-refractivity contribution is 7.90. The Balaban J connectivity index is 1.52. The van der Waals surface area contributed by atoms with Crippen molar-refractivity contribution >= 4 is 15.5 Å². The molecule has 0 aliphatic carbocycles. The van der Waals surface area contributed by atoms with Gasteiger partial charge in [-0.15, -0.1) is 0 Å². The summed E-state index contributed by atoms with van der Waals surface area (Å²) in [6, 6.07) is 1.76. The van der Waals surface area contributed by atoms with Gasteiger partial charge in [0.1, 0.15) is 0 Å². The summed E-state index contributed by atoms with van der Waals surface area (Å²) in [4.78, 5) is 4.73. The van der Waals surface area contributed by atoms with Crippen molar-refractivity contribution in [1.29, 1.82) is 0 Å². The first-order chi connectivity index (χ1) is 16.0. The minimum absolute atomic E-state index is 0.0310. The molecule has 1 saturated heterocycles. The molecule has 0 saturated carbocycles. The predicted molar refractivity (Wildman–Crippen MR) is 113 cm³/mol. The number of aliphatic hydroxyl groups is 1. The van der Waals surface area contributed by atoms with Crippen LogP contribution in [0.2, 0.25) is 0 Å². The van der Waals surface area contributed by atoms with Gasteiger partial charge in [0.15, 0.2) is 0 Å². The molecule has 0 radical (unpaired) electrons. The molecular weight excluding hydrogens is 477 g/mol. The van der Waals surface area contributed by atoms with Crippen molar-refractivity contribution in [3.8, 4) is 22.5 Å². The second kappa shape index (κ2) is 7.61. The van der Waals surface area contributed by atoms with Gasteiger partial charge < -0.3 is 5.11 Å². The predicted octanol–water partition coefficient (Wildman–Crippen LogP) is 1.24. The highest BCUT2D eigenvalue weighted by atomic mass is 32.2. The van der Waals surface area contributed by atoms with E-state index >= 15 is 0 Å². The lowest BCUT2D eigenvalue weighted by Crippen LogP contribution is -2.66. The van der Waals surface area contributed by atoms with E-state index in [0.717, 1.165) is 5.56 Å². The summed E-state index contributed by atoms with van der Waals surface area (Å²) in [5.41, 5.74) is -3.37. The molecule has 11 nitrogen and oxygen atoms in total. The van der Waals surface area contributed by atoms with Crippen molar-refractivity contribution in [3.05, 3.63) is 43.2 Å². The summed E-state index contributed by atoms with van der Waals surface area (Å²) < 4.78 is 67.4. The van der Waals surface area contributed by atoms with E-state index in [9.17, 15) is 26.7 Å². The van der Waals surface area contributed by atoms with E-state index < -0.39 is 34.2 Å². The van der Waals surface area contributed by atoms with Crippen LogP contribution in [0.5, 0.6) is 0 Å². The molecule has 15 heteroatoms. The van der Waals surface area contributed by atoms with E-state index in [-0.39, 0.29) is 13.0 Å². The first kappa shape index (κ1) is 22.5. The van der Waals surface area contributed by atoms with Gasteiger partial charge in [0.25, 0.3) is 0 Å². The molecule has 34 heavy (non-hydrogen) atoms. The maximum atomic E-state index is 12.9. The Kier molecular flexibility index (Phi) is 5.03. The molecule has 4 aromatic heterocycles. The molecule has 0 unspecified atom stereocenters. The minimum Gasteiger partial charge on any atom is -0.396 e. The lowest BCUT2D eigenvalue weighted by atomic mass is 9.89. The van der Waals surface area contributed by atoms with Crippen LogP contribution in [0, 0.1) is 0 Å². The number of hydrogen-bond acceptors (Lipinski definition) is 7. The van der Waals surface area contributed by atoms with E-state index in [2.05, 4.69) is 15.3 Å². The van der Waals surface area contributed by atoms with Gasteiger partial charge in [0.2, 0.25) is 0 Å². The second-order valence-corrected chi connectivity index (χ2v) is 10.1. The number of halogens is 3. The summed E-state index contributed by atoms with van der Waals surface area (Å²) in [6.07, 6.45) is 9.94. The number of rotatable bonds is 6. The molecular formula is C19H19F3N8O3S. The average Bonchev–Trinajstić information content (AvgIpc) is 3.49. The Morgan fingerprint density at radius 2 is 1.82 bits per heavy atom. The molecule has 0 spiro atoms. The van der Waals surface area contributed by atoms with Gasteiger partial charge in [-0.25, -0.2) is 17.9 Å². The zero-order valence-electron chi connectivity index (χ0n) is 17.8. The van der Waals surface area contributed by atoms with Crippen molar-refractivity contribution in [1.82, 2.24) is 38.5 Å². The zero-order valence-corrected chi connectivity index (χ0v) is 18.6. The maximum Gasteiger partial charge on any atom is 0.511 e. The van der Waals surface area contributed by atoms with Gasteiger partial charge in [0.05, 0.1) is 47.2 Å². The van der Waals surface area contributed by atoms with Crippen molar-refractivity contribution in [2.45, 2.75) is 17.5 Å². The quantitative estimate of drug-likeness (QED) is 0.426. The maximum absolute atomic E-state index is 12.9. The Morgan fingerprint density at radius 3 is 2.47 bits per heavy atom. The first-order valence-corrected chi connectivity index (χ1v) is 11.5. The van der Waals surface area contributed by atoms with E-state index in [1.165, 1.54) is 10.9 Å². The Labute approximate surface area is 191 Å². The lowest BCUT2D eigenvalue weighted by molar-refractivity contribution is -0.0581. The molecule has 1 aliphatic heterocycles. The van der Waals surface area contributed by atoms with E-state index in [1.807, 2.05) is 0 Å². The molecule has 0 atom stereocenters. The smallest absolute Gasteiger partial charge is 0.396 e. The molecule has 0 amide bonds. The van der Waals surface area contributed by atoms with Crippen LogP contribution in [-0.4, -0.2) is 77.2 Å². The number of hydrogen-bond donors (Lipinski definition) is 1. The number of fused-ring (bicyclic) bond motifs is 1. The van der Waals surface area contributed by atoms with Gasteiger partial charge in [-0.2, -0.15) is 32.8 Å². The summed E-state index contributed by atoms with van der Waals surface area (Å²) in [5, 5.41) is 22.2. The third kappa shape index (κ3) is 3.47. The van der Waals surface area contributed by atoms with Crippen molar-refractivity contribution < 1.29 is 26.7 Å². The number of aliphatic hydroxyl groups excluding tert-OH is 1. The third-order valence-electron chi connectivity index (χ3n) is 5.88. The summed E-state index contributed by atoms with van der Waals surface area (Å²) >= 11 is 0. The number of sulfonamides is 1. The number of aromatic nitrogens is 7. The SMILES string of the molecule is Cn1cc(-c2cn3nccc3c(-c3cnn(C4(CCO)CN(S(=O)(=O)C(F)(F)F)C4)c3)n2)cn1. The molecule has 1 N–H and O–H groups in total. The first-order valence-electron chi connectivity index (χ1n) is 10.1. The fraction of sp³-hybridized carbons (Fsp3) is 0.368. The molecule has 5 rings (SSSR count). The van der Waals surface area contributed by atoms with Crippen molar-refractivity contribution in [2.75, 3.05) is 19.7 Å². The van der Waals surface area contributed by atoms with Crippen molar-refractivity contribution in [2.24, 2.45) is 7.05 Å². The largest absolute Gasteiger partial charge is 0.511 e. The van der Waals surface area contributed by atoms with Gasteiger partial charge in [-0.1, -0.05) is 0 Å². The summed E-state index contributed by atoms with van der Waals surface area (Å²) in [7, 11) is -3.68. The van der Waals surface area contributed by atoms with E-state index in [4.69, 9.17) is 4.98 Å². The number of alkyl halides is 3. The monoisotopic (exact) mass is 496 g/mol. The van der Waals surface area contributed by atoms with Gasteiger partial charge in [-0.3, -0.25) is 9.36 Å². The minimum atomic E-state index is -5.46. The molecule has 0 aromatic carbocycles. The fourth-order valence-electron chi connectivity index (χ4n) is 4.09. The summed E-state index contributed by atoms with van der Waals surface area (Å²) in [5.74, 6) is 0. The Morgan fingerprint density at radius 1 is 1.09 bits per heavy atom. The van der Waals surface area contributed by atoms with Crippen LogP contribution in [0.25, 0.3) is 28.0 Å². The van der Waals surface area contributed by atoms with Gasteiger partial charge in [-0.05, 0) is 12.5 Å². The fourth-order valence-corrected chi connectivity index (χ4v) is 5.20. The number of nitrogens with zero attached hydrogens (tertiary/aromatic N) is 8. The molecule has 5 heterocycles. The van der Waals surface area contributed by atoms with Crippen LogP contribution in [0.15, 0.2) is 43.2 Å². The Hall–Kier alpha value is -3.30. The topological polar surface area (TPSA) is 123 Å².